The number of thiocarbonyl (C=S) groups is 1. The van der Waals surface area contributed by atoms with Crippen LogP contribution in [0.1, 0.15) is 5.56 Å². The minimum absolute atomic E-state index is 0.0545. The average Bonchev–Trinajstić information content (AvgIpc) is 2.96. The molecule has 1 aliphatic rings. The van der Waals surface area contributed by atoms with E-state index in [-0.39, 0.29) is 10.7 Å². The standard InChI is InChI=1S/C20H15N3O2S/c1-22-12-13(15-9-5-6-10-17(15)22)11-16-18(24)21-20(26)23(19(16)25)14-7-3-2-4-8-14/h2-12H,1H3,(H,21,24,26)/b16-11+. The molecule has 26 heavy (non-hydrogen) atoms. The highest BCUT2D eigenvalue weighted by molar-refractivity contribution is 7.80. The number of amides is 2. The summed E-state index contributed by atoms with van der Waals surface area (Å²) < 4.78 is 1.96. The summed E-state index contributed by atoms with van der Waals surface area (Å²) in [5.41, 5.74) is 2.51. The van der Waals surface area contributed by atoms with Crippen molar-refractivity contribution in [2.24, 2.45) is 7.05 Å². The second kappa shape index (κ2) is 6.24. The first-order chi connectivity index (χ1) is 12.6. The lowest BCUT2D eigenvalue weighted by Gasteiger charge is -2.28. The summed E-state index contributed by atoms with van der Waals surface area (Å²) in [7, 11) is 1.93. The predicted molar refractivity (Wildman–Crippen MR) is 106 cm³/mol. The van der Waals surface area contributed by atoms with Gasteiger partial charge in [-0.25, -0.2) is 0 Å². The molecule has 128 valence electrons. The molecule has 4 rings (SSSR count). The predicted octanol–water partition coefficient (Wildman–Crippen LogP) is 3.01. The third-order valence-corrected chi connectivity index (χ3v) is 4.63. The summed E-state index contributed by atoms with van der Waals surface area (Å²) in [6.07, 6.45) is 3.52. The molecular weight excluding hydrogens is 346 g/mol. The number of anilines is 1. The molecule has 2 aromatic carbocycles. The van der Waals surface area contributed by atoms with Crippen molar-refractivity contribution in [3.05, 3.63) is 71.9 Å². The van der Waals surface area contributed by atoms with Gasteiger partial charge in [-0.2, -0.15) is 0 Å². The molecule has 5 nitrogen and oxygen atoms in total. The monoisotopic (exact) mass is 361 g/mol. The van der Waals surface area contributed by atoms with E-state index < -0.39 is 11.8 Å². The molecule has 0 aliphatic carbocycles. The quantitative estimate of drug-likeness (QED) is 0.434. The number of hydrogen-bond acceptors (Lipinski definition) is 3. The van der Waals surface area contributed by atoms with Crippen molar-refractivity contribution in [1.82, 2.24) is 9.88 Å². The van der Waals surface area contributed by atoms with Crippen molar-refractivity contribution >= 4 is 51.8 Å². The molecule has 0 unspecified atom stereocenters. The Hall–Kier alpha value is -3.25. The third-order valence-electron chi connectivity index (χ3n) is 4.34. The highest BCUT2D eigenvalue weighted by Gasteiger charge is 2.34. The molecule has 0 radical (unpaired) electrons. The van der Waals surface area contributed by atoms with Crippen LogP contribution in [0.15, 0.2) is 66.4 Å². The molecule has 0 atom stereocenters. The highest BCUT2D eigenvalue weighted by atomic mass is 32.1. The van der Waals surface area contributed by atoms with Gasteiger partial charge >= 0.3 is 0 Å². The van der Waals surface area contributed by atoms with E-state index in [1.165, 1.54) is 4.90 Å². The van der Waals surface area contributed by atoms with Crippen LogP contribution in [-0.4, -0.2) is 21.5 Å². The lowest BCUT2D eigenvalue weighted by atomic mass is 10.1. The SMILES string of the molecule is Cn1cc(/C=C2\C(=O)NC(=S)N(c3ccccc3)C2=O)c2ccccc21. The van der Waals surface area contributed by atoms with Gasteiger partial charge in [0.05, 0.1) is 5.69 Å². The van der Waals surface area contributed by atoms with Crippen LogP contribution in [0.5, 0.6) is 0 Å². The van der Waals surface area contributed by atoms with Crippen molar-refractivity contribution in [3.63, 3.8) is 0 Å². The van der Waals surface area contributed by atoms with Gasteiger partial charge in [0.15, 0.2) is 5.11 Å². The maximum atomic E-state index is 13.0. The van der Waals surface area contributed by atoms with Crippen LogP contribution in [0.2, 0.25) is 0 Å². The molecule has 0 saturated carbocycles. The lowest BCUT2D eigenvalue weighted by Crippen LogP contribution is -2.54. The number of benzene rings is 2. The minimum atomic E-state index is -0.486. The highest BCUT2D eigenvalue weighted by Crippen LogP contribution is 2.25. The molecule has 0 spiro atoms. The average molecular weight is 361 g/mol. The maximum Gasteiger partial charge on any atom is 0.270 e. The van der Waals surface area contributed by atoms with E-state index in [0.29, 0.717) is 5.69 Å². The largest absolute Gasteiger partial charge is 0.350 e. The van der Waals surface area contributed by atoms with E-state index in [9.17, 15) is 9.59 Å². The van der Waals surface area contributed by atoms with Crippen molar-refractivity contribution < 1.29 is 9.59 Å². The van der Waals surface area contributed by atoms with Crippen LogP contribution in [0.4, 0.5) is 5.69 Å². The maximum absolute atomic E-state index is 13.0. The fourth-order valence-electron chi connectivity index (χ4n) is 3.11. The smallest absolute Gasteiger partial charge is 0.270 e. The van der Waals surface area contributed by atoms with Crippen molar-refractivity contribution in [1.29, 1.82) is 0 Å². The summed E-state index contributed by atoms with van der Waals surface area (Å²) in [4.78, 5) is 26.8. The van der Waals surface area contributed by atoms with Crippen molar-refractivity contribution in [2.45, 2.75) is 0 Å². The van der Waals surface area contributed by atoms with E-state index in [0.717, 1.165) is 16.5 Å². The van der Waals surface area contributed by atoms with Crippen LogP contribution in [0.3, 0.4) is 0 Å². The van der Waals surface area contributed by atoms with E-state index in [4.69, 9.17) is 12.2 Å². The minimum Gasteiger partial charge on any atom is -0.350 e. The number of carbonyl (C=O) groups excluding carboxylic acids is 2. The summed E-state index contributed by atoms with van der Waals surface area (Å²) in [6, 6.07) is 16.9. The Kier molecular flexibility index (Phi) is 3.89. The van der Waals surface area contributed by atoms with E-state index in [2.05, 4.69) is 5.32 Å². The molecule has 1 fully saturated rings. The van der Waals surface area contributed by atoms with Crippen molar-refractivity contribution in [2.75, 3.05) is 4.90 Å². The first-order valence-corrected chi connectivity index (χ1v) is 8.47. The summed E-state index contributed by atoms with van der Waals surface area (Å²) in [6.45, 7) is 0. The summed E-state index contributed by atoms with van der Waals surface area (Å²) in [5.74, 6) is -0.919. The van der Waals surface area contributed by atoms with E-state index in [1.807, 2.05) is 60.3 Å². The van der Waals surface area contributed by atoms with E-state index in [1.54, 1.807) is 18.2 Å². The van der Waals surface area contributed by atoms with Gasteiger partial charge in [-0.15, -0.1) is 0 Å². The van der Waals surface area contributed by atoms with Crippen LogP contribution in [0.25, 0.3) is 17.0 Å². The number of nitrogens with one attached hydrogen (secondary N) is 1. The van der Waals surface area contributed by atoms with Crippen LogP contribution in [-0.2, 0) is 16.6 Å². The van der Waals surface area contributed by atoms with Crippen LogP contribution in [0, 0.1) is 0 Å². The number of nitrogens with zero attached hydrogens (tertiary/aromatic N) is 2. The van der Waals surface area contributed by atoms with Gasteiger partial charge < -0.3 is 4.57 Å². The number of para-hydroxylation sites is 2. The molecule has 1 aliphatic heterocycles. The van der Waals surface area contributed by atoms with Gasteiger partial charge in [-0.1, -0.05) is 36.4 Å². The number of rotatable bonds is 2. The molecular formula is C20H15N3O2S. The summed E-state index contributed by atoms with van der Waals surface area (Å²) in [5, 5.41) is 3.67. The first-order valence-electron chi connectivity index (χ1n) is 8.07. The Bertz CT molecular complexity index is 1080. The molecule has 1 saturated heterocycles. The molecule has 0 bridgehead atoms. The molecule has 1 aromatic heterocycles. The second-order valence-electron chi connectivity index (χ2n) is 6.01. The fraction of sp³-hybridized carbons (Fsp3) is 0.0500. The number of hydrogen-bond donors (Lipinski definition) is 1. The van der Waals surface area contributed by atoms with Crippen LogP contribution >= 0.6 is 12.2 Å². The number of aromatic nitrogens is 1. The Labute approximate surface area is 155 Å². The van der Waals surface area contributed by atoms with Gasteiger partial charge in [-0.05, 0) is 36.5 Å². The molecule has 3 aromatic rings. The molecule has 1 N–H and O–H groups in total. The normalized spacial score (nSPS) is 16.4. The number of aryl methyl sites for hydroxylation is 1. The lowest BCUT2D eigenvalue weighted by molar-refractivity contribution is -0.122. The molecule has 2 heterocycles. The zero-order chi connectivity index (χ0) is 18.3. The topological polar surface area (TPSA) is 54.3 Å². The summed E-state index contributed by atoms with van der Waals surface area (Å²) >= 11 is 5.20. The van der Waals surface area contributed by atoms with Gasteiger partial charge in [0.2, 0.25) is 0 Å². The van der Waals surface area contributed by atoms with Crippen molar-refractivity contribution in [3.8, 4) is 0 Å². The Balaban J connectivity index is 1.82. The Morgan fingerprint density at radius 1 is 1.00 bits per heavy atom. The Morgan fingerprint density at radius 3 is 2.46 bits per heavy atom. The zero-order valence-corrected chi connectivity index (χ0v) is 14.8. The second-order valence-corrected chi connectivity index (χ2v) is 6.39. The first kappa shape index (κ1) is 16.2. The van der Waals surface area contributed by atoms with Crippen LogP contribution < -0.4 is 10.2 Å². The molecule has 2 amide bonds. The van der Waals surface area contributed by atoms with Gasteiger partial charge in [0, 0.05) is 29.7 Å². The number of carbonyl (C=O) groups is 2. The van der Waals surface area contributed by atoms with E-state index >= 15 is 0 Å². The zero-order valence-electron chi connectivity index (χ0n) is 14.0. The van der Waals surface area contributed by atoms with Gasteiger partial charge in [-0.3, -0.25) is 19.8 Å². The van der Waals surface area contributed by atoms with Gasteiger partial charge in [0.25, 0.3) is 11.8 Å². The number of fused-ring (bicyclic) bond motifs is 1. The van der Waals surface area contributed by atoms with Gasteiger partial charge in [0.1, 0.15) is 5.57 Å². The molecule has 6 heteroatoms. The third kappa shape index (κ3) is 2.60. The Morgan fingerprint density at radius 2 is 1.69 bits per heavy atom. The fourth-order valence-corrected chi connectivity index (χ4v) is 3.39.